The van der Waals surface area contributed by atoms with Crippen molar-refractivity contribution in [2.24, 2.45) is 5.92 Å². The third-order valence-corrected chi connectivity index (χ3v) is 5.53. The molecule has 0 saturated carbocycles. The normalized spacial score (nSPS) is 11.1. The smallest absolute Gasteiger partial charge is 0.355 e. The summed E-state index contributed by atoms with van der Waals surface area (Å²) in [5.41, 5.74) is 4.29. The van der Waals surface area contributed by atoms with E-state index in [-0.39, 0.29) is 17.8 Å². The molecule has 4 rings (SSSR count). The molecule has 1 aliphatic carbocycles. The lowest BCUT2D eigenvalue weighted by atomic mass is 9.91. The second-order valence-electron chi connectivity index (χ2n) is 8.65. The van der Waals surface area contributed by atoms with Crippen LogP contribution in [0.5, 0.6) is 5.75 Å². The van der Waals surface area contributed by atoms with Gasteiger partial charge >= 0.3 is 5.97 Å². The van der Waals surface area contributed by atoms with Gasteiger partial charge in [0.25, 0.3) is 0 Å². The molecule has 5 heteroatoms. The minimum absolute atomic E-state index is 0.225. The van der Waals surface area contributed by atoms with E-state index in [2.05, 4.69) is 13.8 Å². The van der Waals surface area contributed by atoms with Gasteiger partial charge in [0.2, 0.25) is 5.43 Å². The van der Waals surface area contributed by atoms with E-state index in [1.54, 1.807) is 19.1 Å². The molecule has 2 aromatic carbocycles. The van der Waals surface area contributed by atoms with E-state index in [0.29, 0.717) is 35.9 Å². The third-order valence-electron chi connectivity index (χ3n) is 5.53. The molecule has 2 aromatic rings. The molecule has 5 nitrogen and oxygen atoms in total. The Bertz CT molecular complexity index is 1290. The average Bonchev–Trinajstić information content (AvgIpc) is 2.83. The molecule has 1 heterocycles. The van der Waals surface area contributed by atoms with E-state index in [1.807, 2.05) is 71.4 Å². The second-order valence-corrected chi connectivity index (χ2v) is 8.65. The van der Waals surface area contributed by atoms with Gasteiger partial charge in [0.15, 0.2) is 5.75 Å². The molecule has 0 spiro atoms. The van der Waals surface area contributed by atoms with Gasteiger partial charge in [0.1, 0.15) is 12.3 Å². The van der Waals surface area contributed by atoms with Gasteiger partial charge in [-0.1, -0.05) is 74.5 Å². The molecule has 0 unspecified atom stereocenters. The van der Waals surface area contributed by atoms with Crippen LogP contribution in [0.25, 0.3) is 22.3 Å². The summed E-state index contributed by atoms with van der Waals surface area (Å²) < 4.78 is 13.3. The van der Waals surface area contributed by atoms with Gasteiger partial charge in [0, 0.05) is 23.9 Å². The van der Waals surface area contributed by atoms with Crippen molar-refractivity contribution in [3.63, 3.8) is 0 Å². The molecule has 0 atom stereocenters. The van der Waals surface area contributed by atoms with Crippen LogP contribution < -0.4 is 10.2 Å². The fourth-order valence-electron chi connectivity index (χ4n) is 4.10. The highest BCUT2D eigenvalue weighted by Crippen LogP contribution is 2.38. The first-order valence-corrected chi connectivity index (χ1v) is 11.6. The van der Waals surface area contributed by atoms with Crippen molar-refractivity contribution in [2.75, 3.05) is 6.61 Å². The number of nitrogens with zero attached hydrogens (tertiary/aromatic N) is 1. The fourth-order valence-corrected chi connectivity index (χ4v) is 4.10. The number of carbonyl (C=O) groups excluding carboxylic acids is 1. The van der Waals surface area contributed by atoms with E-state index in [9.17, 15) is 9.59 Å². The number of fused-ring (bicyclic) bond motifs is 1. The van der Waals surface area contributed by atoms with Gasteiger partial charge in [0.05, 0.1) is 6.61 Å². The van der Waals surface area contributed by atoms with Crippen molar-refractivity contribution in [3.8, 4) is 28.0 Å². The molecule has 0 aromatic heterocycles. The van der Waals surface area contributed by atoms with Crippen LogP contribution in [-0.2, 0) is 17.9 Å². The summed E-state index contributed by atoms with van der Waals surface area (Å²) in [7, 11) is 0. The Hall–Kier alpha value is -3.86. The van der Waals surface area contributed by atoms with Crippen molar-refractivity contribution in [3.05, 3.63) is 100 Å². The van der Waals surface area contributed by atoms with Crippen LogP contribution in [0.15, 0.2) is 83.8 Å². The van der Waals surface area contributed by atoms with Gasteiger partial charge in [-0.2, -0.15) is 0 Å². The van der Waals surface area contributed by atoms with E-state index in [4.69, 9.17) is 9.47 Å². The monoisotopic (exact) mass is 455 g/mol. The molecule has 0 saturated heterocycles. The maximum absolute atomic E-state index is 13.2. The quantitative estimate of drug-likeness (QED) is 0.304. The van der Waals surface area contributed by atoms with Crippen LogP contribution in [-0.4, -0.2) is 17.1 Å². The zero-order chi connectivity index (χ0) is 24.1. The lowest BCUT2D eigenvalue weighted by Gasteiger charge is -2.24. The zero-order valence-corrected chi connectivity index (χ0v) is 19.8. The van der Waals surface area contributed by atoms with E-state index in [1.165, 1.54) is 0 Å². The molecule has 1 aliphatic heterocycles. The highest BCUT2D eigenvalue weighted by Gasteiger charge is 2.25. The number of aromatic nitrogens is 1. The number of hydrogen-bond acceptors (Lipinski definition) is 4. The van der Waals surface area contributed by atoms with Gasteiger partial charge in [-0.3, -0.25) is 4.79 Å². The summed E-state index contributed by atoms with van der Waals surface area (Å²) in [5, 5.41) is 0. The molecule has 2 aliphatic rings. The van der Waals surface area contributed by atoms with Gasteiger partial charge in [-0.15, -0.1) is 0 Å². The second kappa shape index (κ2) is 10.4. The largest absolute Gasteiger partial charge is 0.485 e. The number of hydrogen-bond donors (Lipinski definition) is 0. The van der Waals surface area contributed by atoms with Crippen molar-refractivity contribution >= 4 is 5.97 Å². The van der Waals surface area contributed by atoms with Crippen molar-refractivity contribution in [2.45, 2.75) is 33.9 Å². The van der Waals surface area contributed by atoms with E-state index < -0.39 is 5.97 Å². The Kier molecular flexibility index (Phi) is 7.12. The average molecular weight is 456 g/mol. The topological polar surface area (TPSA) is 57.5 Å². The van der Waals surface area contributed by atoms with Gasteiger partial charge in [-0.05, 0) is 41.7 Å². The zero-order valence-electron chi connectivity index (χ0n) is 19.8. The maximum atomic E-state index is 13.2. The van der Waals surface area contributed by atoms with E-state index >= 15 is 0 Å². The summed E-state index contributed by atoms with van der Waals surface area (Å²) in [4.78, 5) is 26.2. The third kappa shape index (κ3) is 5.04. The van der Waals surface area contributed by atoms with Crippen molar-refractivity contribution in [1.29, 1.82) is 0 Å². The molecular formula is C29H29NO4. The standard InChI is InChI=1S/C29H29NO4/c1-4-33-29(32)28-27(22-13-9-6-10-14-22)24-16-25(31)26(34-19-21-11-7-5-8-12-21)15-23(24)18-30(28)17-20(2)3/h5-16,18,20H,4,17,19H2,1-3H3. The molecule has 0 amide bonds. The molecule has 34 heavy (non-hydrogen) atoms. The number of carbonyl (C=O) groups is 1. The fraction of sp³-hybridized carbons (Fsp3) is 0.241. The first-order valence-electron chi connectivity index (χ1n) is 11.6. The van der Waals surface area contributed by atoms with E-state index in [0.717, 1.165) is 16.7 Å². The summed E-state index contributed by atoms with van der Waals surface area (Å²) in [5.74, 6) is 0.183. The Morgan fingerprint density at radius 1 is 0.941 bits per heavy atom. The Morgan fingerprint density at radius 3 is 2.26 bits per heavy atom. The summed E-state index contributed by atoms with van der Waals surface area (Å²) in [6.45, 7) is 7.20. The summed E-state index contributed by atoms with van der Waals surface area (Å²) in [6.07, 6.45) is 1.92. The van der Waals surface area contributed by atoms with Gasteiger partial charge in [-0.25, -0.2) is 4.79 Å². The van der Waals surface area contributed by atoms with Crippen LogP contribution in [0.4, 0.5) is 0 Å². The lowest BCUT2D eigenvalue weighted by molar-refractivity contribution is 0.0513. The number of pyridine rings is 1. The van der Waals surface area contributed by atoms with Gasteiger partial charge < -0.3 is 14.0 Å². The van der Waals surface area contributed by atoms with Crippen LogP contribution in [0, 0.1) is 5.92 Å². The molecule has 174 valence electrons. The first kappa shape index (κ1) is 23.3. The SMILES string of the molecule is CCOC(=O)c1c(-c2ccccc2)c2cc(=O)c(OCc3ccccc3)cc-2cn1CC(C)C. The lowest BCUT2D eigenvalue weighted by Crippen LogP contribution is -2.20. The minimum Gasteiger partial charge on any atom is -0.485 e. The predicted octanol–water partition coefficient (Wildman–Crippen LogP) is 6.03. The van der Waals surface area contributed by atoms with Crippen molar-refractivity contribution < 1.29 is 14.3 Å². The first-order chi connectivity index (χ1) is 16.5. The van der Waals surface area contributed by atoms with Crippen LogP contribution in [0.2, 0.25) is 0 Å². The molecular weight excluding hydrogens is 426 g/mol. The number of esters is 1. The minimum atomic E-state index is -0.402. The highest BCUT2D eigenvalue weighted by molar-refractivity contribution is 6.01. The molecule has 0 N–H and O–H groups in total. The maximum Gasteiger partial charge on any atom is 0.355 e. The number of ether oxygens (including phenoxy) is 2. The molecule has 0 radical (unpaired) electrons. The predicted molar refractivity (Wildman–Crippen MR) is 134 cm³/mol. The number of rotatable bonds is 8. The Morgan fingerprint density at radius 2 is 1.62 bits per heavy atom. The number of benzene rings is 3. The highest BCUT2D eigenvalue weighted by atomic mass is 16.5. The summed E-state index contributed by atoms with van der Waals surface area (Å²) >= 11 is 0. The van der Waals surface area contributed by atoms with Crippen molar-refractivity contribution in [1.82, 2.24) is 4.57 Å². The van der Waals surface area contributed by atoms with Crippen LogP contribution in [0.3, 0.4) is 0 Å². The van der Waals surface area contributed by atoms with Crippen LogP contribution >= 0.6 is 0 Å². The molecule has 0 fully saturated rings. The van der Waals surface area contributed by atoms with Crippen LogP contribution in [0.1, 0.15) is 36.8 Å². The summed E-state index contributed by atoms with van der Waals surface area (Å²) in [6, 6.07) is 22.7. The Balaban J connectivity index is 1.92. The molecule has 0 bridgehead atoms. The Labute approximate surface area is 199 Å².